The van der Waals surface area contributed by atoms with Crippen LogP contribution in [0.5, 0.6) is 0 Å². The number of fused-ring (bicyclic) bond motifs is 1. The Kier molecular flexibility index (Phi) is 15.0. The minimum Gasteiger partial charge on any atom is -0.355 e. The van der Waals surface area contributed by atoms with Crippen molar-refractivity contribution in [2.45, 2.75) is 113 Å². The second-order valence-corrected chi connectivity index (χ2v) is 10.5. The second-order valence-electron chi connectivity index (χ2n) is 10.5. The molecule has 192 valence electrons. The predicted molar refractivity (Wildman–Crippen MR) is 156 cm³/mol. The Labute approximate surface area is 212 Å². The number of hydrogen-bond donors (Lipinski definition) is 1. The highest BCUT2D eigenvalue weighted by Gasteiger charge is 2.18. The smallest absolute Gasteiger partial charge is 0.0420 e. The molecule has 1 saturated carbocycles. The highest BCUT2D eigenvalue weighted by molar-refractivity contribution is 5.57. The first-order chi connectivity index (χ1) is 16.3. The molecule has 1 aromatic rings. The van der Waals surface area contributed by atoms with Gasteiger partial charge in [-0.1, -0.05) is 111 Å². The van der Waals surface area contributed by atoms with Crippen LogP contribution in [0.4, 0.5) is 0 Å². The Hall–Kier alpha value is -1.76. The monoisotopic (exact) mass is 465 g/mol. The van der Waals surface area contributed by atoms with Crippen molar-refractivity contribution < 1.29 is 0 Å². The summed E-state index contributed by atoms with van der Waals surface area (Å²) in [4.78, 5) is 3.45. The third kappa shape index (κ3) is 10.7. The third-order valence-electron chi connectivity index (χ3n) is 7.16. The predicted octanol–water partition coefficient (Wildman–Crippen LogP) is 8.99. The number of aromatic amines is 1. The summed E-state index contributed by atoms with van der Waals surface area (Å²) in [6, 6.07) is 0. The molecular weight excluding hydrogens is 410 g/mol. The van der Waals surface area contributed by atoms with E-state index in [9.17, 15) is 0 Å². The number of aromatic nitrogens is 1. The van der Waals surface area contributed by atoms with E-state index in [0.29, 0.717) is 5.92 Å². The summed E-state index contributed by atoms with van der Waals surface area (Å²) in [5, 5.41) is 2.42. The standard InChI is InChI=1S/C22H31N.C9H18.C2H6/c1-4-18(12-13-19-9-7-8-16(2)14-19)15-21-17(3)23-22-11-6-5-10-20(21)22;1-5-9(4)7-6-8(2)3;1-2/h4,6,11,15-16,19,23H,3,5,7-10,12-14H2,1-2H3;6-9H,5H2,1-4H3;1-2H3/b18-4-,21-15+;7-6-;. The van der Waals surface area contributed by atoms with Gasteiger partial charge in [-0.3, -0.25) is 0 Å². The van der Waals surface area contributed by atoms with E-state index in [1.807, 2.05) is 13.8 Å². The van der Waals surface area contributed by atoms with Gasteiger partial charge < -0.3 is 4.98 Å². The van der Waals surface area contributed by atoms with Crippen LogP contribution in [0.2, 0.25) is 0 Å². The van der Waals surface area contributed by atoms with Gasteiger partial charge in [-0.2, -0.15) is 0 Å². The van der Waals surface area contributed by atoms with Gasteiger partial charge in [-0.15, -0.1) is 0 Å². The molecule has 3 atom stereocenters. The van der Waals surface area contributed by atoms with Gasteiger partial charge in [-0.05, 0) is 80.4 Å². The fraction of sp³-hybridized carbons (Fsp3) is 0.636. The summed E-state index contributed by atoms with van der Waals surface area (Å²) in [7, 11) is 0. The van der Waals surface area contributed by atoms with Gasteiger partial charge in [0, 0.05) is 16.3 Å². The Morgan fingerprint density at radius 2 is 1.91 bits per heavy atom. The molecule has 1 heterocycles. The average Bonchev–Trinajstić information content (AvgIpc) is 3.16. The lowest BCUT2D eigenvalue weighted by atomic mass is 9.79. The molecule has 2 aliphatic rings. The summed E-state index contributed by atoms with van der Waals surface area (Å²) < 4.78 is 0. The Balaban J connectivity index is 0.000000446. The van der Waals surface area contributed by atoms with E-state index >= 15 is 0 Å². The Morgan fingerprint density at radius 3 is 2.53 bits per heavy atom. The summed E-state index contributed by atoms with van der Waals surface area (Å²) in [5.41, 5.74) is 4.21. The van der Waals surface area contributed by atoms with Crippen LogP contribution < -0.4 is 10.6 Å². The van der Waals surface area contributed by atoms with Gasteiger partial charge in [0.15, 0.2) is 0 Å². The molecule has 3 unspecified atom stereocenters. The van der Waals surface area contributed by atoms with Crippen LogP contribution in [0.1, 0.15) is 118 Å². The van der Waals surface area contributed by atoms with E-state index in [1.165, 1.54) is 67.0 Å². The zero-order chi connectivity index (χ0) is 25.5. The summed E-state index contributed by atoms with van der Waals surface area (Å²) in [6.45, 7) is 21.7. The van der Waals surface area contributed by atoms with Crippen molar-refractivity contribution in [1.82, 2.24) is 4.98 Å². The van der Waals surface area contributed by atoms with Crippen molar-refractivity contribution >= 4 is 18.7 Å². The quantitative estimate of drug-likeness (QED) is 0.387. The van der Waals surface area contributed by atoms with Crippen LogP contribution in [0, 0.1) is 23.7 Å². The maximum Gasteiger partial charge on any atom is 0.0420 e. The lowest BCUT2D eigenvalue weighted by Crippen LogP contribution is -2.24. The summed E-state index contributed by atoms with van der Waals surface area (Å²) in [6.07, 6.45) is 25.6. The van der Waals surface area contributed by atoms with Crippen LogP contribution in [0.3, 0.4) is 0 Å². The molecule has 0 aromatic carbocycles. The van der Waals surface area contributed by atoms with E-state index < -0.39 is 0 Å². The Bertz CT molecular complexity index is 876. The topological polar surface area (TPSA) is 15.8 Å². The number of hydrogen-bond acceptors (Lipinski definition) is 0. The van der Waals surface area contributed by atoms with Gasteiger partial charge in [0.2, 0.25) is 0 Å². The SMILES string of the molecule is C=c1[nH]c2c(/c1=C/C(=C\C)CCC1CCCC(C)C1)CCC=C2.CC.CCC(C)/C=C\C(C)C. The van der Waals surface area contributed by atoms with Crippen molar-refractivity contribution in [1.29, 1.82) is 0 Å². The number of rotatable bonds is 7. The van der Waals surface area contributed by atoms with Crippen LogP contribution in [0.15, 0.2) is 29.9 Å². The second kappa shape index (κ2) is 16.8. The molecule has 0 aliphatic heterocycles. The lowest BCUT2D eigenvalue weighted by Gasteiger charge is -2.26. The maximum absolute atomic E-state index is 4.22. The van der Waals surface area contributed by atoms with Crippen molar-refractivity contribution in [2.75, 3.05) is 0 Å². The van der Waals surface area contributed by atoms with Crippen molar-refractivity contribution in [3.05, 3.63) is 51.7 Å². The van der Waals surface area contributed by atoms with E-state index in [2.05, 4.69) is 89.6 Å². The number of allylic oxidation sites excluding steroid dienone is 5. The van der Waals surface area contributed by atoms with Crippen LogP contribution in [-0.2, 0) is 6.42 Å². The van der Waals surface area contributed by atoms with E-state index in [1.54, 1.807) is 0 Å². The molecule has 3 rings (SSSR count). The fourth-order valence-electron chi connectivity index (χ4n) is 4.87. The molecule has 0 bridgehead atoms. The minimum absolute atomic E-state index is 0.707. The van der Waals surface area contributed by atoms with E-state index in [0.717, 1.165) is 35.9 Å². The van der Waals surface area contributed by atoms with Gasteiger partial charge >= 0.3 is 0 Å². The molecule has 0 radical (unpaired) electrons. The van der Waals surface area contributed by atoms with Gasteiger partial charge in [-0.25, -0.2) is 0 Å². The average molecular weight is 466 g/mol. The molecule has 1 heteroatoms. The summed E-state index contributed by atoms with van der Waals surface area (Å²) in [5.74, 6) is 3.33. The van der Waals surface area contributed by atoms with Crippen molar-refractivity contribution in [2.24, 2.45) is 23.7 Å². The molecular formula is C33H55N. The van der Waals surface area contributed by atoms with Crippen LogP contribution in [-0.4, -0.2) is 4.98 Å². The highest BCUT2D eigenvalue weighted by Crippen LogP contribution is 2.32. The molecule has 1 fully saturated rings. The normalized spacial score (nSPS) is 21.6. The largest absolute Gasteiger partial charge is 0.355 e. The number of nitrogens with one attached hydrogen (secondary N) is 1. The first-order valence-electron chi connectivity index (χ1n) is 14.3. The summed E-state index contributed by atoms with van der Waals surface area (Å²) >= 11 is 0. The van der Waals surface area contributed by atoms with E-state index in [-0.39, 0.29) is 0 Å². The first kappa shape index (κ1) is 30.3. The zero-order valence-corrected chi connectivity index (χ0v) is 23.8. The molecule has 0 amide bonds. The van der Waals surface area contributed by atoms with Gasteiger partial charge in [0.25, 0.3) is 0 Å². The molecule has 0 spiro atoms. The maximum atomic E-state index is 4.22. The van der Waals surface area contributed by atoms with Gasteiger partial charge in [0.05, 0.1) is 0 Å². The molecule has 34 heavy (non-hydrogen) atoms. The zero-order valence-electron chi connectivity index (χ0n) is 23.8. The molecule has 1 nitrogen and oxygen atoms in total. The molecule has 1 N–H and O–H groups in total. The molecule has 1 aromatic heterocycles. The van der Waals surface area contributed by atoms with E-state index in [4.69, 9.17) is 0 Å². The first-order valence-corrected chi connectivity index (χ1v) is 14.3. The number of H-pyrrole nitrogens is 1. The molecule has 2 aliphatic carbocycles. The fourth-order valence-corrected chi connectivity index (χ4v) is 4.87. The highest BCUT2D eigenvalue weighted by atomic mass is 14.7. The Morgan fingerprint density at radius 1 is 1.18 bits per heavy atom. The minimum atomic E-state index is 0.707. The van der Waals surface area contributed by atoms with Crippen molar-refractivity contribution in [3.8, 4) is 0 Å². The lowest BCUT2D eigenvalue weighted by molar-refractivity contribution is 0.270. The van der Waals surface area contributed by atoms with Crippen molar-refractivity contribution in [3.63, 3.8) is 0 Å². The van der Waals surface area contributed by atoms with Crippen LogP contribution >= 0.6 is 0 Å². The molecule has 0 saturated heterocycles. The third-order valence-corrected chi connectivity index (χ3v) is 7.16. The van der Waals surface area contributed by atoms with Gasteiger partial charge in [0.1, 0.15) is 0 Å². The van der Waals surface area contributed by atoms with Crippen LogP contribution in [0.25, 0.3) is 18.7 Å².